The molecule has 2 saturated heterocycles. The number of hydrogen-bond donors (Lipinski definition) is 1. The molecule has 8 heteroatoms. The molecule has 0 radical (unpaired) electrons. The Kier molecular flexibility index (Phi) is 6.09. The second-order valence-corrected chi connectivity index (χ2v) is 7.52. The lowest BCUT2D eigenvalue weighted by Crippen LogP contribution is -2.35. The van der Waals surface area contributed by atoms with Crippen molar-refractivity contribution in [1.82, 2.24) is 14.7 Å². The molecule has 1 atom stereocenters. The number of anilines is 1. The van der Waals surface area contributed by atoms with Crippen molar-refractivity contribution in [2.75, 3.05) is 38.7 Å². The molecule has 152 valence electrons. The molecular weight excluding hydrogens is 360 g/mol. The van der Waals surface area contributed by atoms with Gasteiger partial charge in [0.05, 0.1) is 31.3 Å². The maximum atomic E-state index is 12.4. The third-order valence-electron chi connectivity index (χ3n) is 5.51. The summed E-state index contributed by atoms with van der Waals surface area (Å²) >= 11 is 0. The lowest BCUT2D eigenvalue weighted by molar-refractivity contribution is -0.119. The van der Waals surface area contributed by atoms with Crippen molar-refractivity contribution in [1.29, 1.82) is 0 Å². The fourth-order valence-corrected chi connectivity index (χ4v) is 3.94. The molecule has 0 aliphatic carbocycles. The first-order valence-corrected chi connectivity index (χ1v) is 9.94. The molecule has 4 rings (SSSR count). The number of carbonyl (C=O) groups excluding carboxylic acids is 1. The zero-order chi connectivity index (χ0) is 19.3. The molecule has 1 amide bonds. The molecule has 4 heterocycles. The highest BCUT2D eigenvalue weighted by atomic mass is 16.5. The molecule has 1 N–H and O–H groups in total. The number of methoxy groups -OCH3 is 1. The highest BCUT2D eigenvalue weighted by Crippen LogP contribution is 2.27. The molecule has 2 aromatic heterocycles. The summed E-state index contributed by atoms with van der Waals surface area (Å²) in [4.78, 5) is 14.8. The fraction of sp³-hybridized carbons (Fsp3) is 0.600. The number of aromatic nitrogens is 2. The smallest absolute Gasteiger partial charge is 0.231 e. The molecule has 1 unspecified atom stereocenters. The number of amides is 1. The molecule has 0 aromatic carbocycles. The van der Waals surface area contributed by atoms with E-state index in [0.717, 1.165) is 56.2 Å². The minimum absolute atomic E-state index is 0.0290. The van der Waals surface area contributed by atoms with Crippen LogP contribution in [-0.4, -0.2) is 54.0 Å². The zero-order valence-corrected chi connectivity index (χ0v) is 16.3. The minimum Gasteiger partial charge on any atom is -0.462 e. The van der Waals surface area contributed by atoms with Gasteiger partial charge in [-0.05, 0) is 31.4 Å². The summed E-state index contributed by atoms with van der Waals surface area (Å²) in [5.74, 6) is 2.58. The second kappa shape index (κ2) is 8.89. The largest absolute Gasteiger partial charge is 0.462 e. The molecule has 0 saturated carbocycles. The third-order valence-corrected chi connectivity index (χ3v) is 5.51. The van der Waals surface area contributed by atoms with Gasteiger partial charge in [0.25, 0.3) is 0 Å². The lowest BCUT2D eigenvalue weighted by atomic mass is 10.0. The van der Waals surface area contributed by atoms with Crippen molar-refractivity contribution < 1.29 is 18.7 Å². The number of hydrogen-bond acceptors (Lipinski definition) is 6. The van der Waals surface area contributed by atoms with Gasteiger partial charge in [-0.2, -0.15) is 5.10 Å². The normalized spacial score (nSPS) is 21.2. The van der Waals surface area contributed by atoms with E-state index in [1.807, 2.05) is 22.9 Å². The minimum atomic E-state index is -0.0542. The van der Waals surface area contributed by atoms with Gasteiger partial charge in [-0.3, -0.25) is 9.69 Å². The second-order valence-electron chi connectivity index (χ2n) is 7.52. The zero-order valence-electron chi connectivity index (χ0n) is 16.3. The Morgan fingerprint density at radius 1 is 1.25 bits per heavy atom. The Hall–Kier alpha value is -2.16. The summed E-state index contributed by atoms with van der Waals surface area (Å²) in [6.45, 7) is 4.42. The lowest BCUT2D eigenvalue weighted by Gasteiger charge is -2.32. The first kappa shape index (κ1) is 19.2. The SMILES string of the molecule is COCc1ccc(CN2CCC(n3nccc3NC(=O)C3CCOC3)CC2)o1. The van der Waals surface area contributed by atoms with Gasteiger partial charge < -0.3 is 19.2 Å². The summed E-state index contributed by atoms with van der Waals surface area (Å²) in [7, 11) is 1.67. The monoisotopic (exact) mass is 388 g/mol. The Morgan fingerprint density at radius 3 is 2.82 bits per heavy atom. The van der Waals surface area contributed by atoms with Gasteiger partial charge in [0, 0.05) is 32.9 Å². The third kappa shape index (κ3) is 4.45. The Bertz CT molecular complexity index is 773. The van der Waals surface area contributed by atoms with Gasteiger partial charge in [0.1, 0.15) is 23.9 Å². The van der Waals surface area contributed by atoms with Crippen molar-refractivity contribution >= 4 is 11.7 Å². The van der Waals surface area contributed by atoms with Crippen LogP contribution in [0, 0.1) is 5.92 Å². The summed E-state index contributed by atoms with van der Waals surface area (Å²) < 4.78 is 18.2. The number of carbonyl (C=O) groups is 1. The van der Waals surface area contributed by atoms with Gasteiger partial charge in [0.2, 0.25) is 5.91 Å². The van der Waals surface area contributed by atoms with Crippen LogP contribution in [0.25, 0.3) is 0 Å². The van der Waals surface area contributed by atoms with Crippen LogP contribution in [-0.2, 0) is 27.4 Å². The fourth-order valence-electron chi connectivity index (χ4n) is 3.94. The van der Waals surface area contributed by atoms with Crippen molar-refractivity contribution in [2.45, 2.75) is 38.5 Å². The summed E-state index contributed by atoms with van der Waals surface area (Å²) in [6, 6.07) is 6.16. The molecule has 8 nitrogen and oxygen atoms in total. The average Bonchev–Trinajstić information content (AvgIpc) is 3.45. The van der Waals surface area contributed by atoms with Crippen LogP contribution >= 0.6 is 0 Å². The highest BCUT2D eigenvalue weighted by molar-refractivity contribution is 5.92. The van der Waals surface area contributed by atoms with E-state index in [1.165, 1.54) is 0 Å². The van der Waals surface area contributed by atoms with Crippen molar-refractivity contribution in [3.8, 4) is 0 Å². The summed E-state index contributed by atoms with van der Waals surface area (Å²) in [5, 5.41) is 7.51. The van der Waals surface area contributed by atoms with Crippen LogP contribution in [0.3, 0.4) is 0 Å². The van der Waals surface area contributed by atoms with E-state index in [4.69, 9.17) is 13.9 Å². The van der Waals surface area contributed by atoms with Gasteiger partial charge in [-0.1, -0.05) is 0 Å². The van der Waals surface area contributed by atoms with Crippen LogP contribution in [0.1, 0.15) is 36.8 Å². The van der Waals surface area contributed by atoms with Crippen molar-refractivity contribution in [3.05, 3.63) is 35.9 Å². The molecule has 2 aliphatic rings. The molecule has 2 aliphatic heterocycles. The van der Waals surface area contributed by atoms with E-state index in [0.29, 0.717) is 25.9 Å². The number of nitrogens with one attached hydrogen (secondary N) is 1. The van der Waals surface area contributed by atoms with Crippen molar-refractivity contribution in [2.24, 2.45) is 5.92 Å². The van der Waals surface area contributed by atoms with E-state index >= 15 is 0 Å². The number of rotatable bonds is 7. The summed E-state index contributed by atoms with van der Waals surface area (Å²) in [5.41, 5.74) is 0. The van der Waals surface area contributed by atoms with E-state index < -0.39 is 0 Å². The van der Waals surface area contributed by atoms with E-state index in [2.05, 4.69) is 15.3 Å². The topological polar surface area (TPSA) is 81.8 Å². The van der Waals surface area contributed by atoms with Crippen LogP contribution in [0.5, 0.6) is 0 Å². The Labute approximate surface area is 164 Å². The maximum absolute atomic E-state index is 12.4. The van der Waals surface area contributed by atoms with E-state index in [9.17, 15) is 4.79 Å². The average molecular weight is 388 g/mol. The number of likely N-dealkylation sites (tertiary alicyclic amines) is 1. The van der Waals surface area contributed by atoms with Gasteiger partial charge in [0.15, 0.2) is 0 Å². The summed E-state index contributed by atoms with van der Waals surface area (Å²) in [6.07, 6.45) is 4.52. The first-order chi connectivity index (χ1) is 13.7. The standard InChI is InChI=1S/C20H28N4O4/c1-26-14-18-3-2-17(28-18)12-23-9-5-16(6-10-23)24-19(4-8-21-24)22-20(25)15-7-11-27-13-15/h2-4,8,15-16H,5-7,9-14H2,1H3,(H,22,25). The van der Waals surface area contributed by atoms with Gasteiger partial charge >= 0.3 is 0 Å². The van der Waals surface area contributed by atoms with Crippen LogP contribution in [0.15, 0.2) is 28.8 Å². The number of furan rings is 1. The molecular formula is C20H28N4O4. The number of piperidine rings is 1. The van der Waals surface area contributed by atoms with Crippen LogP contribution in [0.4, 0.5) is 5.82 Å². The predicted molar refractivity (Wildman–Crippen MR) is 103 cm³/mol. The molecule has 28 heavy (non-hydrogen) atoms. The molecule has 2 aromatic rings. The Balaban J connectivity index is 1.30. The van der Waals surface area contributed by atoms with Crippen LogP contribution < -0.4 is 5.32 Å². The molecule has 2 fully saturated rings. The van der Waals surface area contributed by atoms with E-state index in [1.54, 1.807) is 13.3 Å². The quantitative estimate of drug-likeness (QED) is 0.785. The first-order valence-electron chi connectivity index (χ1n) is 9.94. The van der Waals surface area contributed by atoms with Crippen molar-refractivity contribution in [3.63, 3.8) is 0 Å². The maximum Gasteiger partial charge on any atom is 0.231 e. The molecule has 0 spiro atoms. The van der Waals surface area contributed by atoms with Gasteiger partial charge in [-0.15, -0.1) is 0 Å². The Morgan fingerprint density at radius 2 is 2.07 bits per heavy atom. The highest BCUT2D eigenvalue weighted by Gasteiger charge is 2.27. The molecule has 0 bridgehead atoms. The van der Waals surface area contributed by atoms with Crippen LogP contribution in [0.2, 0.25) is 0 Å². The number of ether oxygens (including phenoxy) is 2. The van der Waals surface area contributed by atoms with Gasteiger partial charge in [-0.25, -0.2) is 4.68 Å². The number of nitrogens with zero attached hydrogens (tertiary/aromatic N) is 3. The predicted octanol–water partition coefficient (Wildman–Crippen LogP) is 2.43. The van der Waals surface area contributed by atoms with E-state index in [-0.39, 0.29) is 11.8 Å².